The molecule has 1 amide bonds. The molecule has 0 heterocycles. The van der Waals surface area contributed by atoms with Crippen LogP contribution in [0.2, 0.25) is 0 Å². The molecule has 0 aromatic heterocycles. The fraction of sp³-hybridized carbons (Fsp3) is 0.357. The fourth-order valence-electron chi connectivity index (χ4n) is 1.67. The number of anilines is 1. The predicted octanol–water partition coefficient (Wildman–Crippen LogP) is 2.66. The standard InChI is InChI=1S/C14H16INO5/c1-3-12(7-13(18)19)21-14(20)9-4-10(15)6-11(5-9)16-8(2)17/h4-6,12H,3,7H2,1-2H3,(H,16,17)(H,18,19). The fourth-order valence-corrected chi connectivity index (χ4v) is 2.34. The highest BCUT2D eigenvalue weighted by Crippen LogP contribution is 2.19. The lowest BCUT2D eigenvalue weighted by Gasteiger charge is -2.14. The minimum Gasteiger partial charge on any atom is -0.481 e. The lowest BCUT2D eigenvalue weighted by Crippen LogP contribution is -2.21. The summed E-state index contributed by atoms with van der Waals surface area (Å²) >= 11 is 2.02. The van der Waals surface area contributed by atoms with Crippen LogP contribution in [-0.4, -0.2) is 29.1 Å². The van der Waals surface area contributed by atoms with Gasteiger partial charge < -0.3 is 15.2 Å². The van der Waals surface area contributed by atoms with Gasteiger partial charge in [0.05, 0.1) is 12.0 Å². The van der Waals surface area contributed by atoms with E-state index in [2.05, 4.69) is 5.32 Å². The molecule has 0 aliphatic heterocycles. The Labute approximate surface area is 136 Å². The van der Waals surface area contributed by atoms with Crippen molar-refractivity contribution in [2.24, 2.45) is 0 Å². The van der Waals surface area contributed by atoms with Crippen LogP contribution in [0.1, 0.15) is 37.0 Å². The summed E-state index contributed by atoms with van der Waals surface area (Å²) in [7, 11) is 0. The number of nitrogens with one attached hydrogen (secondary N) is 1. The van der Waals surface area contributed by atoms with Gasteiger partial charge in [-0.1, -0.05) is 6.92 Å². The molecule has 1 aromatic rings. The van der Waals surface area contributed by atoms with E-state index < -0.39 is 18.0 Å². The van der Waals surface area contributed by atoms with Crippen LogP contribution in [0, 0.1) is 3.57 Å². The van der Waals surface area contributed by atoms with Crippen LogP contribution in [0.4, 0.5) is 5.69 Å². The van der Waals surface area contributed by atoms with E-state index in [1.165, 1.54) is 13.0 Å². The van der Waals surface area contributed by atoms with Gasteiger partial charge in [-0.25, -0.2) is 4.79 Å². The van der Waals surface area contributed by atoms with Crippen LogP contribution >= 0.6 is 22.6 Å². The minimum atomic E-state index is -1.02. The molecule has 1 atom stereocenters. The Balaban J connectivity index is 2.88. The zero-order valence-electron chi connectivity index (χ0n) is 11.7. The number of halogens is 1. The van der Waals surface area contributed by atoms with Crippen molar-refractivity contribution in [3.8, 4) is 0 Å². The first-order chi connectivity index (χ1) is 9.81. The van der Waals surface area contributed by atoms with Gasteiger partial charge >= 0.3 is 11.9 Å². The molecule has 0 bridgehead atoms. The number of carbonyl (C=O) groups excluding carboxylic acids is 2. The Morgan fingerprint density at radius 2 is 2.00 bits per heavy atom. The van der Waals surface area contributed by atoms with E-state index in [1.807, 2.05) is 22.6 Å². The molecule has 2 N–H and O–H groups in total. The SMILES string of the molecule is CCC(CC(=O)O)OC(=O)c1cc(I)cc(NC(C)=O)c1. The number of carboxylic acids is 1. The number of carboxylic acid groups (broad SMARTS) is 1. The Morgan fingerprint density at radius 3 is 2.52 bits per heavy atom. The van der Waals surface area contributed by atoms with Crippen LogP contribution in [-0.2, 0) is 14.3 Å². The van der Waals surface area contributed by atoms with Gasteiger partial charge in [-0.05, 0) is 47.2 Å². The molecule has 114 valence electrons. The normalized spacial score (nSPS) is 11.6. The third-order valence-electron chi connectivity index (χ3n) is 2.59. The molecular weight excluding hydrogens is 389 g/mol. The first-order valence-electron chi connectivity index (χ1n) is 6.32. The molecule has 0 fully saturated rings. The van der Waals surface area contributed by atoms with Gasteiger partial charge in [0, 0.05) is 16.2 Å². The van der Waals surface area contributed by atoms with E-state index in [0.29, 0.717) is 12.1 Å². The highest BCUT2D eigenvalue weighted by atomic mass is 127. The molecule has 21 heavy (non-hydrogen) atoms. The van der Waals surface area contributed by atoms with E-state index in [-0.39, 0.29) is 17.9 Å². The second-order valence-electron chi connectivity index (χ2n) is 4.44. The van der Waals surface area contributed by atoms with E-state index in [0.717, 1.165) is 3.57 Å². The van der Waals surface area contributed by atoms with Crippen molar-refractivity contribution in [3.63, 3.8) is 0 Å². The quantitative estimate of drug-likeness (QED) is 0.561. The van der Waals surface area contributed by atoms with Crippen molar-refractivity contribution >= 4 is 46.1 Å². The lowest BCUT2D eigenvalue weighted by molar-refractivity contribution is -0.139. The zero-order chi connectivity index (χ0) is 16.0. The molecule has 0 radical (unpaired) electrons. The van der Waals surface area contributed by atoms with Crippen LogP contribution < -0.4 is 5.32 Å². The molecule has 0 saturated heterocycles. The summed E-state index contributed by atoms with van der Waals surface area (Å²) in [5.74, 6) is -1.86. The Hall–Kier alpha value is -1.64. The number of esters is 1. The first kappa shape index (κ1) is 17.4. The van der Waals surface area contributed by atoms with Crippen LogP contribution in [0.15, 0.2) is 18.2 Å². The molecule has 0 aliphatic carbocycles. The number of hydrogen-bond donors (Lipinski definition) is 2. The third kappa shape index (κ3) is 6.11. The topological polar surface area (TPSA) is 92.7 Å². The summed E-state index contributed by atoms with van der Waals surface area (Å²) in [4.78, 5) is 33.8. The molecule has 7 heteroatoms. The Morgan fingerprint density at radius 1 is 1.33 bits per heavy atom. The number of benzene rings is 1. The number of aliphatic carboxylic acids is 1. The molecule has 1 unspecified atom stereocenters. The van der Waals surface area contributed by atoms with Gasteiger partial charge in [-0.2, -0.15) is 0 Å². The number of carbonyl (C=O) groups is 3. The van der Waals surface area contributed by atoms with Gasteiger partial charge in [0.15, 0.2) is 0 Å². The molecular formula is C14H16INO5. The molecule has 0 saturated carbocycles. The summed E-state index contributed by atoms with van der Waals surface area (Å²) in [5, 5.41) is 11.3. The molecule has 6 nitrogen and oxygen atoms in total. The van der Waals surface area contributed by atoms with E-state index in [1.54, 1.807) is 19.1 Å². The maximum atomic E-state index is 12.1. The van der Waals surface area contributed by atoms with E-state index >= 15 is 0 Å². The minimum absolute atomic E-state index is 0.231. The van der Waals surface area contributed by atoms with Crippen molar-refractivity contribution in [2.75, 3.05) is 5.32 Å². The predicted molar refractivity (Wildman–Crippen MR) is 85.2 cm³/mol. The zero-order valence-corrected chi connectivity index (χ0v) is 13.8. The van der Waals surface area contributed by atoms with E-state index in [9.17, 15) is 14.4 Å². The van der Waals surface area contributed by atoms with Crippen molar-refractivity contribution < 1.29 is 24.2 Å². The van der Waals surface area contributed by atoms with Crippen LogP contribution in [0.3, 0.4) is 0 Å². The summed E-state index contributed by atoms with van der Waals surface area (Å²) in [6.07, 6.45) is -0.484. The third-order valence-corrected chi connectivity index (χ3v) is 3.21. The summed E-state index contributed by atoms with van der Waals surface area (Å²) < 4.78 is 5.94. The van der Waals surface area contributed by atoms with Gasteiger partial charge in [-0.3, -0.25) is 9.59 Å². The molecule has 0 aliphatic rings. The lowest BCUT2D eigenvalue weighted by atomic mass is 10.1. The first-order valence-corrected chi connectivity index (χ1v) is 7.40. The van der Waals surface area contributed by atoms with Gasteiger partial charge in [0.1, 0.15) is 6.10 Å². The van der Waals surface area contributed by atoms with Crippen molar-refractivity contribution in [3.05, 3.63) is 27.3 Å². The van der Waals surface area contributed by atoms with Crippen LogP contribution in [0.5, 0.6) is 0 Å². The monoisotopic (exact) mass is 405 g/mol. The second kappa shape index (κ2) is 7.96. The second-order valence-corrected chi connectivity index (χ2v) is 5.69. The molecule has 0 spiro atoms. The molecule has 1 rings (SSSR count). The maximum absolute atomic E-state index is 12.1. The van der Waals surface area contributed by atoms with Gasteiger partial charge in [0.2, 0.25) is 5.91 Å². The number of ether oxygens (including phenoxy) is 1. The van der Waals surface area contributed by atoms with Gasteiger partial charge in [0.25, 0.3) is 0 Å². The summed E-state index contributed by atoms with van der Waals surface area (Å²) in [6, 6.07) is 4.83. The Bertz CT molecular complexity index is 558. The largest absolute Gasteiger partial charge is 0.481 e. The average molecular weight is 405 g/mol. The van der Waals surface area contributed by atoms with Crippen LogP contribution in [0.25, 0.3) is 0 Å². The van der Waals surface area contributed by atoms with Crippen molar-refractivity contribution in [1.29, 1.82) is 0 Å². The smallest absolute Gasteiger partial charge is 0.338 e. The highest BCUT2D eigenvalue weighted by molar-refractivity contribution is 14.1. The number of rotatable bonds is 6. The number of hydrogen-bond acceptors (Lipinski definition) is 4. The summed E-state index contributed by atoms with van der Waals surface area (Å²) in [5.41, 5.74) is 0.766. The number of amides is 1. The van der Waals surface area contributed by atoms with Crippen molar-refractivity contribution in [1.82, 2.24) is 0 Å². The van der Waals surface area contributed by atoms with Crippen molar-refractivity contribution in [2.45, 2.75) is 32.8 Å². The summed E-state index contributed by atoms with van der Waals surface area (Å²) in [6.45, 7) is 3.12. The highest BCUT2D eigenvalue weighted by Gasteiger charge is 2.18. The Kier molecular flexibility index (Phi) is 6.60. The molecule has 1 aromatic carbocycles. The average Bonchev–Trinajstić information content (AvgIpc) is 2.35. The van der Waals surface area contributed by atoms with Gasteiger partial charge in [-0.15, -0.1) is 0 Å². The maximum Gasteiger partial charge on any atom is 0.338 e. The van der Waals surface area contributed by atoms with E-state index in [4.69, 9.17) is 9.84 Å².